The predicted molar refractivity (Wildman–Crippen MR) is 101 cm³/mol. The molecule has 0 radical (unpaired) electrons. The third kappa shape index (κ3) is 5.11. The van der Waals surface area contributed by atoms with E-state index in [0.717, 1.165) is 12.8 Å². The Hall–Kier alpha value is -2.28. The summed E-state index contributed by atoms with van der Waals surface area (Å²) < 4.78 is 10.4. The molecule has 0 bridgehead atoms. The number of carbonyl (C=O) groups excluding carboxylic acids is 2. The molecule has 2 amide bonds. The normalized spacial score (nSPS) is 18.7. The first-order valence-corrected chi connectivity index (χ1v) is 8.68. The first-order valence-electron chi connectivity index (χ1n) is 8.68. The highest BCUT2D eigenvalue weighted by Crippen LogP contribution is 2.30. The van der Waals surface area contributed by atoms with Gasteiger partial charge in [-0.1, -0.05) is 0 Å². The molecule has 1 aromatic carbocycles. The molecule has 1 aromatic rings. The van der Waals surface area contributed by atoms with Crippen LogP contribution in [0, 0.1) is 0 Å². The van der Waals surface area contributed by atoms with Gasteiger partial charge in [-0.2, -0.15) is 0 Å². The molecule has 0 spiro atoms. The quantitative estimate of drug-likeness (QED) is 0.713. The molecule has 1 saturated heterocycles. The minimum atomic E-state index is -0.731. The number of ether oxygens (including phenoxy) is 2. The first-order chi connectivity index (χ1) is 12.0. The van der Waals surface area contributed by atoms with Crippen LogP contribution in [0.25, 0.3) is 0 Å². The van der Waals surface area contributed by atoms with Crippen LogP contribution in [0.4, 0.5) is 5.69 Å². The molecule has 1 aliphatic heterocycles. The molecule has 2 rings (SSSR count). The summed E-state index contributed by atoms with van der Waals surface area (Å²) in [5.41, 5.74) is 0.149. The molecule has 7 heteroatoms. The van der Waals surface area contributed by atoms with E-state index in [1.54, 1.807) is 18.2 Å². The summed E-state index contributed by atoms with van der Waals surface area (Å²) in [5, 5.41) is 9.00. The predicted octanol–water partition coefficient (Wildman–Crippen LogP) is 2.07. The Bertz CT molecular complexity index is 669. The van der Waals surface area contributed by atoms with Crippen molar-refractivity contribution in [2.75, 3.05) is 19.5 Å². The van der Waals surface area contributed by atoms with E-state index < -0.39 is 11.8 Å². The van der Waals surface area contributed by atoms with Crippen molar-refractivity contribution in [1.29, 1.82) is 0 Å². The zero-order chi connectivity index (χ0) is 19.5. The fourth-order valence-electron chi connectivity index (χ4n) is 3.77. The molecule has 1 aliphatic rings. The highest BCUT2D eigenvalue weighted by atomic mass is 16.5. The van der Waals surface area contributed by atoms with Gasteiger partial charge in [0.25, 0.3) is 0 Å². The zero-order valence-electron chi connectivity index (χ0n) is 16.4. The molecule has 0 aliphatic carbocycles. The van der Waals surface area contributed by atoms with Crippen molar-refractivity contribution in [2.45, 2.75) is 57.7 Å². The summed E-state index contributed by atoms with van der Waals surface area (Å²) in [6, 6.07) is 4.92. The van der Waals surface area contributed by atoms with Gasteiger partial charge in [0.1, 0.15) is 11.5 Å². The van der Waals surface area contributed by atoms with Gasteiger partial charge < -0.3 is 25.4 Å². The number of anilines is 1. The summed E-state index contributed by atoms with van der Waals surface area (Å²) in [7, 11) is 3.03. The Morgan fingerprint density at radius 2 is 1.65 bits per heavy atom. The lowest BCUT2D eigenvalue weighted by Crippen LogP contribution is -2.62. The van der Waals surface area contributed by atoms with Gasteiger partial charge in [0.2, 0.25) is 0 Å². The van der Waals surface area contributed by atoms with E-state index in [9.17, 15) is 9.59 Å². The number of amides is 2. The maximum absolute atomic E-state index is 12.4. The van der Waals surface area contributed by atoms with Gasteiger partial charge in [0.15, 0.2) is 0 Å². The van der Waals surface area contributed by atoms with E-state index in [4.69, 9.17) is 9.47 Å². The van der Waals surface area contributed by atoms with E-state index in [1.165, 1.54) is 14.2 Å². The van der Waals surface area contributed by atoms with Crippen LogP contribution in [0.1, 0.15) is 40.5 Å². The van der Waals surface area contributed by atoms with E-state index in [1.807, 2.05) is 0 Å². The second-order valence-corrected chi connectivity index (χ2v) is 7.99. The number of piperidine rings is 1. The van der Waals surface area contributed by atoms with Gasteiger partial charge in [-0.15, -0.1) is 0 Å². The maximum atomic E-state index is 12.4. The molecule has 0 atom stereocenters. The maximum Gasteiger partial charge on any atom is 0.313 e. The Labute approximate surface area is 154 Å². The standard InChI is InChI=1S/C19H29N3O4/c1-18(2)10-12(11-19(3,4)22-18)20-16(23)17(24)21-14-9-13(25-5)7-8-15(14)26-6/h7-9,12,22H,10-11H2,1-6H3,(H,20,23)(H,21,24). The van der Waals surface area contributed by atoms with Crippen molar-refractivity contribution in [3.8, 4) is 11.5 Å². The van der Waals surface area contributed by atoms with Crippen LogP contribution in [0.3, 0.4) is 0 Å². The topological polar surface area (TPSA) is 88.7 Å². The molecule has 0 aromatic heterocycles. The number of rotatable bonds is 4. The van der Waals surface area contributed by atoms with Gasteiger partial charge >= 0.3 is 11.8 Å². The number of hydrogen-bond donors (Lipinski definition) is 3. The van der Waals surface area contributed by atoms with Crippen molar-refractivity contribution >= 4 is 17.5 Å². The second-order valence-electron chi connectivity index (χ2n) is 7.99. The van der Waals surface area contributed by atoms with E-state index in [-0.39, 0.29) is 17.1 Å². The third-order valence-electron chi connectivity index (χ3n) is 4.39. The Morgan fingerprint density at radius 1 is 1.04 bits per heavy atom. The SMILES string of the molecule is COc1ccc(OC)c(NC(=O)C(=O)NC2CC(C)(C)NC(C)(C)C2)c1. The van der Waals surface area contributed by atoms with Crippen molar-refractivity contribution in [1.82, 2.24) is 10.6 Å². The first kappa shape index (κ1) is 20.0. The van der Waals surface area contributed by atoms with Gasteiger partial charge in [-0.25, -0.2) is 0 Å². The van der Waals surface area contributed by atoms with E-state index in [2.05, 4.69) is 43.6 Å². The van der Waals surface area contributed by atoms with Crippen LogP contribution >= 0.6 is 0 Å². The Morgan fingerprint density at radius 3 is 2.19 bits per heavy atom. The molecule has 26 heavy (non-hydrogen) atoms. The fourth-order valence-corrected chi connectivity index (χ4v) is 3.77. The average Bonchev–Trinajstić information content (AvgIpc) is 2.51. The molecule has 1 heterocycles. The smallest absolute Gasteiger partial charge is 0.313 e. The van der Waals surface area contributed by atoms with Crippen molar-refractivity contribution in [2.24, 2.45) is 0 Å². The lowest BCUT2D eigenvalue weighted by Gasteiger charge is -2.46. The minimum absolute atomic E-state index is 0.0771. The largest absolute Gasteiger partial charge is 0.497 e. The van der Waals surface area contributed by atoms with Crippen molar-refractivity contribution in [3.05, 3.63) is 18.2 Å². The number of hydrogen-bond acceptors (Lipinski definition) is 5. The molecule has 0 saturated carbocycles. The lowest BCUT2D eigenvalue weighted by molar-refractivity contribution is -0.137. The molecule has 3 N–H and O–H groups in total. The number of carbonyl (C=O) groups is 2. The summed E-state index contributed by atoms with van der Waals surface area (Å²) >= 11 is 0. The zero-order valence-corrected chi connectivity index (χ0v) is 16.4. The van der Waals surface area contributed by atoms with Crippen LogP contribution in [-0.2, 0) is 9.59 Å². The number of methoxy groups -OCH3 is 2. The van der Waals surface area contributed by atoms with Crippen LogP contribution in [0.2, 0.25) is 0 Å². The van der Waals surface area contributed by atoms with Gasteiger partial charge in [-0.3, -0.25) is 9.59 Å². The van der Waals surface area contributed by atoms with Crippen LogP contribution in [0.5, 0.6) is 11.5 Å². The lowest BCUT2D eigenvalue weighted by atomic mass is 9.79. The Balaban J connectivity index is 2.05. The van der Waals surface area contributed by atoms with E-state index in [0.29, 0.717) is 17.2 Å². The third-order valence-corrected chi connectivity index (χ3v) is 4.39. The van der Waals surface area contributed by atoms with Crippen molar-refractivity contribution in [3.63, 3.8) is 0 Å². The minimum Gasteiger partial charge on any atom is -0.497 e. The molecule has 144 valence electrons. The van der Waals surface area contributed by atoms with Crippen LogP contribution in [0.15, 0.2) is 18.2 Å². The molecular weight excluding hydrogens is 334 g/mol. The highest BCUT2D eigenvalue weighted by Gasteiger charge is 2.38. The monoisotopic (exact) mass is 363 g/mol. The number of nitrogens with one attached hydrogen (secondary N) is 3. The molecule has 0 unspecified atom stereocenters. The highest BCUT2D eigenvalue weighted by molar-refractivity contribution is 6.39. The molecule has 1 fully saturated rings. The average molecular weight is 363 g/mol. The molecule has 7 nitrogen and oxygen atoms in total. The van der Waals surface area contributed by atoms with Crippen molar-refractivity contribution < 1.29 is 19.1 Å². The summed E-state index contributed by atoms with van der Waals surface area (Å²) in [6.45, 7) is 8.37. The van der Waals surface area contributed by atoms with Gasteiger partial charge in [0.05, 0.1) is 19.9 Å². The fraction of sp³-hybridized carbons (Fsp3) is 0.579. The van der Waals surface area contributed by atoms with Gasteiger partial charge in [-0.05, 0) is 52.7 Å². The second kappa shape index (κ2) is 7.53. The summed E-state index contributed by atoms with van der Waals surface area (Å²) in [5.74, 6) is -0.376. The van der Waals surface area contributed by atoms with Gasteiger partial charge in [0, 0.05) is 23.2 Å². The van der Waals surface area contributed by atoms with E-state index >= 15 is 0 Å². The summed E-state index contributed by atoms with van der Waals surface area (Å²) in [6.07, 6.45) is 1.50. The summed E-state index contributed by atoms with van der Waals surface area (Å²) in [4.78, 5) is 24.7. The number of benzene rings is 1. The molecular formula is C19H29N3O4. The Kier molecular flexibility index (Phi) is 5.81. The van der Waals surface area contributed by atoms with Crippen LogP contribution in [-0.4, -0.2) is 43.2 Å². The van der Waals surface area contributed by atoms with Crippen LogP contribution < -0.4 is 25.4 Å².